The number of hydrogen-bond acceptors (Lipinski definition) is 8. The van der Waals surface area contributed by atoms with Crippen LogP contribution in [0.15, 0.2) is 35.4 Å². The predicted octanol–water partition coefficient (Wildman–Crippen LogP) is 5.75. The Labute approximate surface area is 238 Å². The second-order valence-electron chi connectivity index (χ2n) is 12.0. The van der Waals surface area contributed by atoms with E-state index in [2.05, 4.69) is 76.3 Å². The topological polar surface area (TPSA) is 88.9 Å². The number of aromatic nitrogens is 2. The molecule has 0 radical (unpaired) electrons. The maximum Gasteiger partial charge on any atom is 0.224 e. The first-order valence-electron chi connectivity index (χ1n) is 14.9. The van der Waals surface area contributed by atoms with Gasteiger partial charge in [-0.2, -0.15) is 10.2 Å². The largest absolute Gasteiger partial charge is 0.369 e. The van der Waals surface area contributed by atoms with E-state index in [1.807, 2.05) is 0 Å². The van der Waals surface area contributed by atoms with Crippen molar-refractivity contribution in [2.45, 2.75) is 88.4 Å². The molecule has 3 fully saturated rings. The van der Waals surface area contributed by atoms with Gasteiger partial charge in [-0.25, -0.2) is 4.98 Å². The molecule has 1 aliphatic heterocycles. The van der Waals surface area contributed by atoms with Crippen molar-refractivity contribution in [3.63, 3.8) is 0 Å². The molecule has 2 heterocycles. The summed E-state index contributed by atoms with van der Waals surface area (Å²) in [5, 5.41) is 20.7. The Morgan fingerprint density at radius 2 is 1.82 bits per heavy atom. The van der Waals surface area contributed by atoms with Gasteiger partial charge < -0.3 is 20.9 Å². The Balaban J connectivity index is 1.16. The minimum Gasteiger partial charge on any atom is -0.369 e. The Morgan fingerprint density at radius 1 is 1.08 bits per heavy atom. The average molecular weight is 548 g/mol. The molecule has 1 saturated heterocycles. The van der Waals surface area contributed by atoms with Crippen molar-refractivity contribution in [1.29, 1.82) is 5.26 Å². The molecule has 2 aromatic rings. The van der Waals surface area contributed by atoms with E-state index in [0.29, 0.717) is 47.9 Å². The summed E-state index contributed by atoms with van der Waals surface area (Å²) in [4.78, 5) is 13.0. The van der Waals surface area contributed by atoms with Crippen LogP contribution in [0.5, 0.6) is 0 Å². The van der Waals surface area contributed by atoms with Crippen LogP contribution in [0.1, 0.15) is 69.9 Å². The van der Waals surface area contributed by atoms with Gasteiger partial charge in [-0.1, -0.05) is 24.6 Å². The van der Waals surface area contributed by atoms with Crippen LogP contribution < -0.4 is 16.0 Å². The Bertz CT molecular complexity index is 1110. The summed E-state index contributed by atoms with van der Waals surface area (Å²) in [6.07, 6.45) is 12.9. The molecule has 3 N–H and O–H groups in total. The Morgan fingerprint density at radius 3 is 2.51 bits per heavy atom. The minimum atomic E-state index is 0.508. The zero-order chi connectivity index (χ0) is 27.2. The molecule has 1 aromatic carbocycles. The number of likely N-dealkylation sites (tertiary alicyclic amines) is 1. The smallest absolute Gasteiger partial charge is 0.224 e. The zero-order valence-electron chi connectivity index (χ0n) is 23.8. The van der Waals surface area contributed by atoms with Gasteiger partial charge in [0.2, 0.25) is 5.95 Å². The fourth-order valence-corrected chi connectivity index (χ4v) is 7.73. The van der Waals surface area contributed by atoms with Crippen molar-refractivity contribution in [1.82, 2.24) is 20.2 Å². The maximum absolute atomic E-state index is 9.69. The predicted molar refractivity (Wildman–Crippen MR) is 161 cm³/mol. The van der Waals surface area contributed by atoms with Gasteiger partial charge in [0, 0.05) is 36.1 Å². The summed E-state index contributed by atoms with van der Waals surface area (Å²) >= 11 is 1.74. The first-order chi connectivity index (χ1) is 19.0. The van der Waals surface area contributed by atoms with Crippen LogP contribution in [0.2, 0.25) is 0 Å². The van der Waals surface area contributed by atoms with Gasteiger partial charge in [0.05, 0.1) is 6.20 Å². The summed E-state index contributed by atoms with van der Waals surface area (Å²) < 4.78 is 0. The summed E-state index contributed by atoms with van der Waals surface area (Å²) in [5.41, 5.74) is 1.73. The SMILES string of the molecule is CSc1ccccc1CNc1ncc(C#N)c(NCC2C[C@H]3CCC[C@@H](C2)[C@@H]3NC2CCN(C(C)C)CC2)n1. The van der Waals surface area contributed by atoms with Crippen LogP contribution in [0, 0.1) is 29.1 Å². The summed E-state index contributed by atoms with van der Waals surface area (Å²) in [6, 6.07) is 12.7. The van der Waals surface area contributed by atoms with Crippen LogP contribution >= 0.6 is 11.8 Å². The van der Waals surface area contributed by atoms with Gasteiger partial charge in [-0.05, 0) is 101 Å². The first-order valence-corrected chi connectivity index (χ1v) is 16.1. The number of nitrogens with zero attached hydrogens (tertiary/aromatic N) is 4. The van der Waals surface area contributed by atoms with Crippen LogP contribution in [0.25, 0.3) is 0 Å². The molecule has 7 nitrogen and oxygen atoms in total. The zero-order valence-corrected chi connectivity index (χ0v) is 24.6. The van der Waals surface area contributed by atoms with Crippen molar-refractivity contribution in [2.24, 2.45) is 17.8 Å². The lowest BCUT2D eigenvalue weighted by atomic mass is 9.64. The molecule has 0 spiro atoms. The van der Waals surface area contributed by atoms with Gasteiger partial charge in [-0.15, -0.1) is 11.8 Å². The van der Waals surface area contributed by atoms with Crippen LogP contribution in [0.3, 0.4) is 0 Å². The third-order valence-electron chi connectivity index (χ3n) is 9.22. The quantitative estimate of drug-likeness (QED) is 0.324. The highest BCUT2D eigenvalue weighted by Crippen LogP contribution is 2.43. The highest BCUT2D eigenvalue weighted by Gasteiger charge is 2.41. The highest BCUT2D eigenvalue weighted by atomic mass is 32.2. The summed E-state index contributed by atoms with van der Waals surface area (Å²) in [6.45, 7) is 8.61. The van der Waals surface area contributed by atoms with E-state index >= 15 is 0 Å². The first kappa shape index (κ1) is 28.2. The van der Waals surface area contributed by atoms with Crippen molar-refractivity contribution < 1.29 is 0 Å². The number of rotatable bonds is 10. The molecular formula is C31H45N7S. The molecule has 0 amide bonds. The Hall–Kier alpha value is -2.34. The third-order valence-corrected chi connectivity index (χ3v) is 10.1. The molecule has 3 aliphatic rings. The van der Waals surface area contributed by atoms with Gasteiger partial charge in [0.25, 0.3) is 0 Å². The molecule has 210 valence electrons. The lowest BCUT2D eigenvalue weighted by Crippen LogP contribution is -2.55. The van der Waals surface area contributed by atoms with E-state index in [4.69, 9.17) is 4.98 Å². The van der Waals surface area contributed by atoms with Gasteiger partial charge in [0.15, 0.2) is 0 Å². The fourth-order valence-electron chi connectivity index (χ4n) is 7.11. The number of anilines is 2. The van der Waals surface area contributed by atoms with Crippen molar-refractivity contribution in [3.8, 4) is 6.07 Å². The molecule has 39 heavy (non-hydrogen) atoms. The number of fused-ring (bicyclic) bond motifs is 2. The Kier molecular flexibility index (Phi) is 9.65. The molecule has 4 atom stereocenters. The summed E-state index contributed by atoms with van der Waals surface area (Å²) in [7, 11) is 0. The lowest BCUT2D eigenvalue weighted by Gasteiger charge is -2.48. The molecule has 2 saturated carbocycles. The van der Waals surface area contributed by atoms with Crippen molar-refractivity contribution in [3.05, 3.63) is 41.6 Å². The summed E-state index contributed by atoms with van der Waals surface area (Å²) in [5.74, 6) is 3.35. The number of nitriles is 1. The number of piperidine rings is 1. The third kappa shape index (κ3) is 7.06. The van der Waals surface area contributed by atoms with Crippen molar-refractivity contribution >= 4 is 23.5 Å². The molecule has 2 aliphatic carbocycles. The number of benzene rings is 1. The van der Waals surface area contributed by atoms with Crippen LogP contribution in [0.4, 0.5) is 11.8 Å². The highest BCUT2D eigenvalue weighted by molar-refractivity contribution is 7.98. The van der Waals surface area contributed by atoms with E-state index in [1.165, 1.54) is 68.5 Å². The van der Waals surface area contributed by atoms with Gasteiger partial charge in [-0.3, -0.25) is 0 Å². The molecular weight excluding hydrogens is 502 g/mol. The van der Waals surface area contributed by atoms with E-state index in [0.717, 1.165) is 18.4 Å². The molecule has 8 heteroatoms. The second-order valence-corrected chi connectivity index (χ2v) is 12.8. The monoisotopic (exact) mass is 547 g/mol. The molecule has 1 unspecified atom stereocenters. The van der Waals surface area contributed by atoms with Gasteiger partial charge in [0.1, 0.15) is 17.5 Å². The van der Waals surface area contributed by atoms with Gasteiger partial charge >= 0.3 is 0 Å². The maximum atomic E-state index is 9.69. The van der Waals surface area contributed by atoms with E-state index in [1.54, 1.807) is 18.0 Å². The second kappa shape index (κ2) is 13.3. The number of nitrogens with one attached hydrogen (secondary N) is 3. The van der Waals surface area contributed by atoms with Crippen molar-refractivity contribution in [2.75, 3.05) is 36.5 Å². The van der Waals surface area contributed by atoms with E-state index < -0.39 is 0 Å². The number of thioether (sulfide) groups is 1. The van der Waals surface area contributed by atoms with E-state index in [9.17, 15) is 5.26 Å². The molecule has 2 bridgehead atoms. The lowest BCUT2D eigenvalue weighted by molar-refractivity contribution is 0.0667. The van der Waals surface area contributed by atoms with E-state index in [-0.39, 0.29) is 0 Å². The standard InChI is InChI=1S/C31H45N7S/c1-21(2)38-13-11-27(12-14-38)36-29-23-8-6-9-24(29)16-22(15-23)18-33-30-26(17-32)20-35-31(37-30)34-19-25-7-4-5-10-28(25)39-3/h4-5,7,10,20-24,27,29,36H,6,8-9,11-16,18-19H2,1-3H3,(H2,33,34,35,37)/t22?,23-,24+,29-. The minimum absolute atomic E-state index is 0.508. The number of hydrogen-bond donors (Lipinski definition) is 3. The average Bonchev–Trinajstić information content (AvgIpc) is 2.95. The van der Waals surface area contributed by atoms with Crippen LogP contribution in [-0.2, 0) is 6.54 Å². The molecule has 1 aromatic heterocycles. The van der Waals surface area contributed by atoms with Crippen LogP contribution in [-0.4, -0.2) is 58.9 Å². The normalized spacial score (nSPS) is 25.8. The fraction of sp³-hybridized carbons (Fsp3) is 0.645. The molecule has 5 rings (SSSR count).